The molecule has 0 radical (unpaired) electrons. The molecule has 70 valence electrons. The van der Waals surface area contributed by atoms with Crippen LogP contribution in [0.3, 0.4) is 0 Å². The molecule has 0 saturated heterocycles. The molecule has 0 aliphatic rings. The number of halogens is 1. The summed E-state index contributed by atoms with van der Waals surface area (Å²) in [5.74, 6) is 0.506. The number of Topliss-reactive ketones (excluding diaryl/α,β-unsaturated/α-hetero) is 1. The summed E-state index contributed by atoms with van der Waals surface area (Å²) in [6.07, 6.45) is 1.34. The molecule has 0 saturated carbocycles. The van der Waals surface area contributed by atoms with Crippen LogP contribution in [0.1, 0.15) is 12.0 Å². The second kappa shape index (κ2) is 5.30. The van der Waals surface area contributed by atoms with E-state index in [0.29, 0.717) is 12.2 Å². The van der Waals surface area contributed by atoms with Gasteiger partial charge in [-0.2, -0.15) is 12.6 Å². The van der Waals surface area contributed by atoms with Gasteiger partial charge in [0.1, 0.15) is 5.78 Å². The predicted molar refractivity (Wildman–Crippen MR) is 58.6 cm³/mol. The van der Waals surface area contributed by atoms with Gasteiger partial charge in [-0.1, -0.05) is 23.7 Å². The van der Waals surface area contributed by atoms with Crippen molar-refractivity contribution in [2.45, 2.75) is 12.8 Å². The first kappa shape index (κ1) is 10.6. The highest BCUT2D eigenvalue weighted by Gasteiger charge is 1.99. The van der Waals surface area contributed by atoms with Crippen molar-refractivity contribution in [2.75, 3.05) is 5.75 Å². The Morgan fingerprint density at radius 2 is 1.92 bits per heavy atom. The molecule has 0 heterocycles. The fraction of sp³-hybridized carbons (Fsp3) is 0.300. The molecule has 0 bridgehead atoms. The Bertz CT molecular complexity index is 281. The number of carbonyl (C=O) groups excluding carboxylic acids is 1. The predicted octanol–water partition coefficient (Wildman–Crippen LogP) is 2.77. The van der Waals surface area contributed by atoms with Gasteiger partial charge in [0, 0.05) is 17.2 Å². The Kier molecular flexibility index (Phi) is 4.33. The van der Waals surface area contributed by atoms with Crippen molar-refractivity contribution in [3.63, 3.8) is 0 Å². The normalized spacial score (nSPS) is 10.0. The highest BCUT2D eigenvalue weighted by molar-refractivity contribution is 7.81. The molecule has 0 amide bonds. The van der Waals surface area contributed by atoms with Gasteiger partial charge in [-0.25, -0.2) is 0 Å². The third-order valence-electron chi connectivity index (χ3n) is 1.78. The Balaban J connectivity index is 2.46. The number of carbonyl (C=O) groups is 1. The van der Waals surface area contributed by atoms with Crippen LogP contribution in [0.2, 0.25) is 5.02 Å². The molecule has 0 atom stereocenters. The van der Waals surface area contributed by atoms with Crippen LogP contribution in [0.4, 0.5) is 0 Å². The smallest absolute Gasteiger partial charge is 0.142 e. The lowest BCUT2D eigenvalue weighted by atomic mass is 10.1. The van der Waals surface area contributed by atoms with Crippen LogP contribution in [-0.4, -0.2) is 11.5 Å². The molecule has 0 aliphatic carbocycles. The molecule has 0 aliphatic heterocycles. The summed E-state index contributed by atoms with van der Waals surface area (Å²) >= 11 is 9.63. The minimum Gasteiger partial charge on any atom is -0.299 e. The highest BCUT2D eigenvalue weighted by Crippen LogP contribution is 2.11. The van der Waals surface area contributed by atoms with Crippen LogP contribution in [-0.2, 0) is 11.2 Å². The largest absolute Gasteiger partial charge is 0.299 e. The summed E-state index contributed by atoms with van der Waals surface area (Å²) in [7, 11) is 0. The van der Waals surface area contributed by atoms with Crippen LogP contribution in [0.25, 0.3) is 0 Å². The van der Waals surface area contributed by atoms with E-state index >= 15 is 0 Å². The van der Waals surface area contributed by atoms with Crippen LogP contribution >= 0.6 is 24.2 Å². The number of benzene rings is 1. The first-order valence-electron chi connectivity index (χ1n) is 4.09. The molecule has 0 N–H and O–H groups in total. The van der Waals surface area contributed by atoms with Crippen molar-refractivity contribution >= 4 is 30.0 Å². The quantitative estimate of drug-likeness (QED) is 0.763. The second-order valence-electron chi connectivity index (χ2n) is 2.82. The molecule has 3 heteroatoms. The second-order valence-corrected chi connectivity index (χ2v) is 3.58. The van der Waals surface area contributed by atoms with E-state index in [1.54, 1.807) is 0 Å². The van der Waals surface area contributed by atoms with Crippen LogP contribution in [0, 0.1) is 0 Å². The summed E-state index contributed by atoms with van der Waals surface area (Å²) in [4.78, 5) is 10.9. The van der Waals surface area contributed by atoms with E-state index in [1.807, 2.05) is 24.3 Å². The van der Waals surface area contributed by atoms with Crippen molar-refractivity contribution in [1.82, 2.24) is 0 Å². The van der Waals surface area contributed by atoms with Crippen molar-refractivity contribution in [3.05, 3.63) is 34.9 Å². The molecular weight excluding hydrogens is 204 g/mol. The van der Waals surface area contributed by atoms with Crippen molar-refractivity contribution in [1.29, 1.82) is 0 Å². The minimum absolute atomic E-state index is 0.179. The molecule has 1 nitrogen and oxygen atoms in total. The topological polar surface area (TPSA) is 17.1 Å². The zero-order valence-electron chi connectivity index (χ0n) is 7.16. The molecule has 13 heavy (non-hydrogen) atoms. The maximum Gasteiger partial charge on any atom is 0.142 e. The summed E-state index contributed by atoms with van der Waals surface area (Å²) in [6, 6.07) is 7.55. The lowest BCUT2D eigenvalue weighted by Crippen LogP contribution is -2.00. The number of thiol groups is 1. The van der Waals surface area contributed by atoms with E-state index in [4.69, 9.17) is 11.6 Å². The van der Waals surface area contributed by atoms with Gasteiger partial charge in [-0.15, -0.1) is 0 Å². The van der Waals surface area contributed by atoms with E-state index in [0.717, 1.165) is 17.0 Å². The highest BCUT2D eigenvalue weighted by atomic mass is 35.5. The van der Waals surface area contributed by atoms with Gasteiger partial charge < -0.3 is 0 Å². The van der Waals surface area contributed by atoms with E-state index in [2.05, 4.69) is 12.6 Å². The minimum atomic E-state index is 0.179. The molecular formula is C10H11ClOS. The van der Waals surface area contributed by atoms with E-state index in [1.165, 1.54) is 0 Å². The Labute approximate surface area is 88.5 Å². The lowest BCUT2D eigenvalue weighted by molar-refractivity contribution is -0.116. The summed E-state index contributed by atoms with van der Waals surface area (Å²) in [5.41, 5.74) is 1.14. The van der Waals surface area contributed by atoms with E-state index in [9.17, 15) is 4.79 Å². The van der Waals surface area contributed by atoms with Crippen LogP contribution in [0.15, 0.2) is 24.3 Å². The third-order valence-corrected chi connectivity index (χ3v) is 2.39. The van der Waals surface area contributed by atoms with Gasteiger partial charge in [0.25, 0.3) is 0 Å². The number of rotatable bonds is 4. The van der Waals surface area contributed by atoms with Gasteiger partial charge in [0.15, 0.2) is 0 Å². The maximum atomic E-state index is 10.9. The zero-order valence-corrected chi connectivity index (χ0v) is 8.81. The number of hydrogen-bond acceptors (Lipinski definition) is 2. The molecule has 0 spiro atoms. The fourth-order valence-electron chi connectivity index (χ4n) is 1.01. The summed E-state index contributed by atoms with van der Waals surface area (Å²) in [5, 5.41) is 0.726. The van der Waals surface area contributed by atoms with Gasteiger partial charge >= 0.3 is 0 Å². The molecule has 0 fully saturated rings. The van der Waals surface area contributed by atoms with E-state index < -0.39 is 0 Å². The summed E-state index contributed by atoms with van der Waals surface area (Å²) in [6.45, 7) is 0. The maximum absolute atomic E-state index is 10.9. The van der Waals surface area contributed by atoms with E-state index in [-0.39, 0.29) is 5.78 Å². The molecule has 0 unspecified atom stereocenters. The van der Waals surface area contributed by atoms with Crippen molar-refractivity contribution in [3.8, 4) is 0 Å². The fourth-order valence-corrected chi connectivity index (χ4v) is 1.30. The standard InChI is InChI=1S/C10H11ClOS/c11-9-4-1-8(2-5-9)3-6-10(12)7-13/h1-2,4-5,13H,3,6-7H2. The third kappa shape index (κ3) is 3.83. The number of hydrogen-bond donors (Lipinski definition) is 1. The Morgan fingerprint density at radius 3 is 2.46 bits per heavy atom. The Hall–Kier alpha value is -0.470. The summed E-state index contributed by atoms with van der Waals surface area (Å²) < 4.78 is 0. The average molecular weight is 215 g/mol. The van der Waals surface area contributed by atoms with Gasteiger partial charge in [0.2, 0.25) is 0 Å². The molecule has 1 aromatic rings. The molecule has 1 rings (SSSR count). The first-order chi connectivity index (χ1) is 6.22. The lowest BCUT2D eigenvalue weighted by Gasteiger charge is -1.99. The molecule has 0 aromatic heterocycles. The van der Waals surface area contributed by atoms with Gasteiger partial charge in [-0.3, -0.25) is 4.79 Å². The zero-order chi connectivity index (χ0) is 9.68. The first-order valence-corrected chi connectivity index (χ1v) is 5.10. The molecule has 1 aromatic carbocycles. The van der Waals surface area contributed by atoms with Crippen LogP contribution in [0.5, 0.6) is 0 Å². The van der Waals surface area contributed by atoms with Crippen molar-refractivity contribution in [2.24, 2.45) is 0 Å². The van der Waals surface area contributed by atoms with Gasteiger partial charge in [0.05, 0.1) is 0 Å². The number of ketones is 1. The van der Waals surface area contributed by atoms with Crippen LogP contribution < -0.4 is 0 Å². The Morgan fingerprint density at radius 1 is 1.31 bits per heavy atom. The van der Waals surface area contributed by atoms with Crippen molar-refractivity contribution < 1.29 is 4.79 Å². The monoisotopic (exact) mass is 214 g/mol. The van der Waals surface area contributed by atoms with Gasteiger partial charge in [-0.05, 0) is 24.1 Å². The SMILES string of the molecule is O=C(CS)CCc1ccc(Cl)cc1. The number of aryl methyl sites for hydroxylation is 1. The average Bonchev–Trinajstić information content (AvgIpc) is 2.16.